The second-order valence-corrected chi connectivity index (χ2v) is 8.47. The van der Waals surface area contributed by atoms with E-state index in [-0.39, 0.29) is 12.6 Å². The average Bonchev–Trinajstić information content (AvgIpc) is 2.69. The molecular weight excluding hydrogens is 396 g/mol. The maximum Gasteiger partial charge on any atom is 0.410 e. The fraction of sp³-hybridized carbons (Fsp3) is 0.609. The SMILES string of the molecule is CCN1CCCN(c2cc(C)c(C)cc2OC)C1=O.CN(CC#N)C(=O)OC(C)(C)C. The van der Waals surface area contributed by atoms with E-state index in [4.69, 9.17) is 14.7 Å². The summed E-state index contributed by atoms with van der Waals surface area (Å²) in [6.45, 7) is 13.9. The average molecular weight is 433 g/mol. The van der Waals surface area contributed by atoms with E-state index in [1.165, 1.54) is 23.1 Å². The van der Waals surface area contributed by atoms with Gasteiger partial charge in [-0.25, -0.2) is 9.59 Å². The number of amides is 3. The van der Waals surface area contributed by atoms with Crippen molar-refractivity contribution in [3.05, 3.63) is 23.3 Å². The van der Waals surface area contributed by atoms with E-state index >= 15 is 0 Å². The minimum Gasteiger partial charge on any atom is -0.495 e. The van der Waals surface area contributed by atoms with Gasteiger partial charge in [0, 0.05) is 26.7 Å². The van der Waals surface area contributed by atoms with Crippen molar-refractivity contribution in [1.29, 1.82) is 5.26 Å². The number of benzene rings is 1. The van der Waals surface area contributed by atoms with Gasteiger partial charge >= 0.3 is 12.1 Å². The van der Waals surface area contributed by atoms with Crippen LogP contribution in [0.4, 0.5) is 15.3 Å². The number of carbonyl (C=O) groups excluding carboxylic acids is 2. The van der Waals surface area contributed by atoms with Crippen molar-refractivity contribution in [3.63, 3.8) is 0 Å². The number of nitriles is 1. The van der Waals surface area contributed by atoms with Gasteiger partial charge in [0.05, 0.1) is 18.9 Å². The molecule has 1 aromatic carbocycles. The molecule has 0 spiro atoms. The summed E-state index contributed by atoms with van der Waals surface area (Å²) in [5.41, 5.74) is 2.74. The zero-order valence-electron chi connectivity index (χ0n) is 20.1. The fourth-order valence-electron chi connectivity index (χ4n) is 2.96. The molecule has 1 fully saturated rings. The molecule has 0 aromatic heterocycles. The van der Waals surface area contributed by atoms with Crippen LogP contribution in [-0.2, 0) is 4.74 Å². The van der Waals surface area contributed by atoms with Crippen molar-refractivity contribution in [2.45, 2.75) is 53.6 Å². The van der Waals surface area contributed by atoms with Crippen LogP contribution in [-0.4, -0.2) is 67.9 Å². The molecule has 3 amide bonds. The molecular formula is C23H36N4O4. The summed E-state index contributed by atoms with van der Waals surface area (Å²) in [7, 11) is 3.18. The first-order valence-corrected chi connectivity index (χ1v) is 10.5. The molecule has 0 atom stereocenters. The molecule has 0 saturated carbocycles. The standard InChI is InChI=1S/C15H22N2O2.C8H14N2O2/c1-5-16-7-6-8-17(15(16)18)13-9-11(2)12(3)10-14(13)19-4;1-8(2,3)12-7(11)10(4)6-5-9/h9-10H,5-8H2,1-4H3;6H2,1-4H3. The third-order valence-corrected chi connectivity index (χ3v) is 4.79. The minimum absolute atomic E-state index is 0.0505. The lowest BCUT2D eigenvalue weighted by atomic mass is 10.1. The molecule has 1 aromatic rings. The molecule has 1 heterocycles. The quantitative estimate of drug-likeness (QED) is 0.661. The largest absolute Gasteiger partial charge is 0.495 e. The first-order valence-electron chi connectivity index (χ1n) is 10.5. The van der Waals surface area contributed by atoms with E-state index in [9.17, 15) is 9.59 Å². The van der Waals surface area contributed by atoms with Crippen LogP contribution in [0.15, 0.2) is 12.1 Å². The van der Waals surface area contributed by atoms with Gasteiger partial charge in [0.15, 0.2) is 0 Å². The summed E-state index contributed by atoms with van der Waals surface area (Å²) in [4.78, 5) is 28.5. The smallest absolute Gasteiger partial charge is 0.410 e. The Bertz CT molecular complexity index is 811. The topological polar surface area (TPSA) is 86.1 Å². The highest BCUT2D eigenvalue weighted by Crippen LogP contribution is 2.33. The Hall–Kier alpha value is -2.95. The highest BCUT2D eigenvalue weighted by molar-refractivity contribution is 5.94. The van der Waals surface area contributed by atoms with Crippen LogP contribution >= 0.6 is 0 Å². The van der Waals surface area contributed by atoms with Crippen LogP contribution in [0.1, 0.15) is 45.2 Å². The van der Waals surface area contributed by atoms with Crippen LogP contribution in [0, 0.1) is 25.2 Å². The lowest BCUT2D eigenvalue weighted by Gasteiger charge is -2.35. The number of carbonyl (C=O) groups is 2. The lowest BCUT2D eigenvalue weighted by Crippen LogP contribution is -2.49. The molecule has 0 aliphatic carbocycles. The molecule has 172 valence electrons. The zero-order chi connectivity index (χ0) is 23.8. The molecule has 1 aliphatic heterocycles. The summed E-state index contributed by atoms with van der Waals surface area (Å²) < 4.78 is 10.4. The highest BCUT2D eigenvalue weighted by atomic mass is 16.6. The molecule has 8 nitrogen and oxygen atoms in total. The molecule has 0 N–H and O–H groups in total. The number of hydrogen-bond donors (Lipinski definition) is 0. The third-order valence-electron chi connectivity index (χ3n) is 4.79. The van der Waals surface area contributed by atoms with E-state index in [1.807, 2.05) is 34.9 Å². The summed E-state index contributed by atoms with van der Waals surface area (Å²) in [6.07, 6.45) is 0.527. The first kappa shape index (κ1) is 26.1. The van der Waals surface area contributed by atoms with Crippen molar-refractivity contribution >= 4 is 17.8 Å². The van der Waals surface area contributed by atoms with E-state index in [0.717, 1.165) is 37.5 Å². The molecule has 2 rings (SSSR count). The van der Waals surface area contributed by atoms with E-state index < -0.39 is 11.7 Å². The normalized spacial score (nSPS) is 13.7. The van der Waals surface area contributed by atoms with Crippen LogP contribution in [0.5, 0.6) is 5.75 Å². The monoisotopic (exact) mass is 432 g/mol. The molecule has 1 aliphatic rings. The van der Waals surface area contributed by atoms with Crippen molar-refractivity contribution in [2.75, 3.05) is 45.2 Å². The summed E-state index contributed by atoms with van der Waals surface area (Å²) in [5, 5.41) is 8.28. The summed E-state index contributed by atoms with van der Waals surface area (Å²) in [5.74, 6) is 0.773. The van der Waals surface area contributed by atoms with Crippen LogP contribution < -0.4 is 9.64 Å². The predicted octanol–water partition coefficient (Wildman–Crippen LogP) is 4.34. The Morgan fingerprint density at radius 2 is 1.84 bits per heavy atom. The minimum atomic E-state index is -0.499. The first-order chi connectivity index (χ1) is 14.4. The van der Waals surface area contributed by atoms with E-state index in [0.29, 0.717) is 0 Å². The van der Waals surface area contributed by atoms with Gasteiger partial charge in [-0.05, 0) is 71.2 Å². The zero-order valence-corrected chi connectivity index (χ0v) is 20.1. The van der Waals surface area contributed by atoms with Gasteiger partial charge in [0.25, 0.3) is 0 Å². The number of rotatable bonds is 4. The van der Waals surface area contributed by atoms with Crippen molar-refractivity contribution in [1.82, 2.24) is 9.80 Å². The van der Waals surface area contributed by atoms with Gasteiger partial charge in [-0.15, -0.1) is 0 Å². The Morgan fingerprint density at radius 1 is 1.23 bits per heavy atom. The second-order valence-electron chi connectivity index (χ2n) is 8.47. The number of hydrogen-bond acceptors (Lipinski definition) is 5. The van der Waals surface area contributed by atoms with Gasteiger partial charge in [-0.3, -0.25) is 9.80 Å². The maximum atomic E-state index is 12.4. The Balaban J connectivity index is 0.000000348. The molecule has 31 heavy (non-hydrogen) atoms. The molecule has 1 saturated heterocycles. The van der Waals surface area contributed by atoms with Crippen molar-refractivity contribution < 1.29 is 19.1 Å². The number of methoxy groups -OCH3 is 1. The third kappa shape index (κ3) is 7.67. The molecule has 8 heteroatoms. The number of ether oxygens (including phenoxy) is 2. The lowest BCUT2D eigenvalue weighted by molar-refractivity contribution is 0.0320. The molecule has 0 radical (unpaired) electrons. The number of anilines is 1. The number of urea groups is 1. The highest BCUT2D eigenvalue weighted by Gasteiger charge is 2.27. The fourth-order valence-corrected chi connectivity index (χ4v) is 2.96. The van der Waals surface area contributed by atoms with Crippen LogP contribution in [0.25, 0.3) is 0 Å². The van der Waals surface area contributed by atoms with Gasteiger partial charge in [0.1, 0.15) is 17.9 Å². The van der Waals surface area contributed by atoms with Gasteiger partial charge in [-0.2, -0.15) is 5.26 Å². The second kappa shape index (κ2) is 11.4. The van der Waals surface area contributed by atoms with E-state index in [2.05, 4.69) is 13.8 Å². The molecule has 0 bridgehead atoms. The Kier molecular flexibility index (Phi) is 9.63. The number of nitrogens with zero attached hydrogens (tertiary/aromatic N) is 4. The van der Waals surface area contributed by atoms with Crippen molar-refractivity contribution in [2.24, 2.45) is 0 Å². The van der Waals surface area contributed by atoms with Gasteiger partial charge in [0.2, 0.25) is 0 Å². The number of aryl methyl sites for hydroxylation is 2. The maximum absolute atomic E-state index is 12.4. The molecule has 0 unspecified atom stereocenters. The van der Waals surface area contributed by atoms with Crippen molar-refractivity contribution in [3.8, 4) is 11.8 Å². The predicted molar refractivity (Wildman–Crippen MR) is 122 cm³/mol. The Morgan fingerprint density at radius 3 is 2.35 bits per heavy atom. The summed E-state index contributed by atoms with van der Waals surface area (Å²) >= 11 is 0. The van der Waals surface area contributed by atoms with Gasteiger partial charge in [-0.1, -0.05) is 0 Å². The van der Waals surface area contributed by atoms with Gasteiger partial charge < -0.3 is 14.4 Å². The Labute approximate surface area is 186 Å². The van der Waals surface area contributed by atoms with Crippen LogP contribution in [0.3, 0.4) is 0 Å². The van der Waals surface area contributed by atoms with E-state index in [1.54, 1.807) is 27.9 Å². The summed E-state index contributed by atoms with van der Waals surface area (Å²) in [6, 6.07) is 5.99. The van der Waals surface area contributed by atoms with Crippen LogP contribution in [0.2, 0.25) is 0 Å².